The molecule has 2 N–H and O–H groups in total. The van der Waals surface area contributed by atoms with Gasteiger partial charge in [0, 0.05) is 29.7 Å². The molecule has 0 spiro atoms. The summed E-state index contributed by atoms with van der Waals surface area (Å²) in [5.74, 6) is 6.79. The van der Waals surface area contributed by atoms with Crippen LogP contribution in [0.15, 0.2) is 18.2 Å². The number of hydrogen-bond acceptors (Lipinski definition) is 3. The van der Waals surface area contributed by atoms with Gasteiger partial charge in [0.05, 0.1) is 12.1 Å². The Hall–Kier alpha value is -1.51. The number of amides is 1. The summed E-state index contributed by atoms with van der Waals surface area (Å²) in [7, 11) is 0. The average molecular weight is 292 g/mol. The fourth-order valence-electron chi connectivity index (χ4n) is 2.13. The van der Waals surface area contributed by atoms with E-state index in [2.05, 4.69) is 11.8 Å². The van der Waals surface area contributed by atoms with Gasteiger partial charge < -0.3 is 10.6 Å². The largest absolute Gasteiger partial charge is 0.334 e. The first-order valence-corrected chi connectivity index (χ1v) is 7.66. The number of rotatable bonds is 1. The third kappa shape index (κ3) is 3.33. The van der Waals surface area contributed by atoms with Crippen molar-refractivity contribution in [2.75, 3.05) is 24.6 Å². The number of nitrogens with zero attached hydrogens (tertiary/aromatic N) is 1. The molecule has 0 aromatic heterocycles. The van der Waals surface area contributed by atoms with Gasteiger partial charge in [0.1, 0.15) is 5.82 Å². The highest BCUT2D eigenvalue weighted by Gasteiger charge is 2.26. The molecule has 1 heterocycles. The molecule has 5 heteroatoms. The highest BCUT2D eigenvalue weighted by Crippen LogP contribution is 2.20. The summed E-state index contributed by atoms with van der Waals surface area (Å²) in [6.07, 6.45) is 0. The number of benzene rings is 1. The van der Waals surface area contributed by atoms with E-state index >= 15 is 0 Å². The number of nitrogens with two attached hydrogens (primary N) is 1. The molecule has 1 unspecified atom stereocenters. The molecule has 0 aliphatic carbocycles. The van der Waals surface area contributed by atoms with E-state index < -0.39 is 5.82 Å². The Bertz CT molecular complexity index is 565. The smallest absolute Gasteiger partial charge is 0.255 e. The number of carbonyl (C=O) groups is 1. The Morgan fingerprint density at radius 1 is 1.60 bits per heavy atom. The van der Waals surface area contributed by atoms with Gasteiger partial charge in [0.15, 0.2) is 0 Å². The number of halogens is 1. The van der Waals surface area contributed by atoms with Crippen LogP contribution in [0.3, 0.4) is 0 Å². The normalized spacial score (nSPS) is 18.4. The molecule has 3 nitrogen and oxygen atoms in total. The molecule has 106 valence electrons. The van der Waals surface area contributed by atoms with Crippen LogP contribution in [0, 0.1) is 17.7 Å². The predicted molar refractivity (Wildman–Crippen MR) is 80.2 cm³/mol. The van der Waals surface area contributed by atoms with Gasteiger partial charge in [-0.15, -0.1) is 0 Å². The molecular weight excluding hydrogens is 275 g/mol. The first kappa shape index (κ1) is 14.9. The van der Waals surface area contributed by atoms with E-state index in [4.69, 9.17) is 5.73 Å². The minimum atomic E-state index is -0.425. The molecule has 1 amide bonds. The van der Waals surface area contributed by atoms with E-state index in [9.17, 15) is 9.18 Å². The van der Waals surface area contributed by atoms with Gasteiger partial charge in [-0.25, -0.2) is 4.39 Å². The molecule has 0 saturated carbocycles. The lowest BCUT2D eigenvalue weighted by Gasteiger charge is -2.33. The number of hydrogen-bond donors (Lipinski definition) is 1. The summed E-state index contributed by atoms with van der Waals surface area (Å²) in [4.78, 5) is 14.4. The van der Waals surface area contributed by atoms with Crippen LogP contribution in [-0.2, 0) is 0 Å². The van der Waals surface area contributed by atoms with Crippen molar-refractivity contribution in [3.63, 3.8) is 0 Å². The van der Waals surface area contributed by atoms with E-state index in [-0.39, 0.29) is 18.5 Å². The van der Waals surface area contributed by atoms with E-state index in [0.29, 0.717) is 17.7 Å². The third-order valence-electron chi connectivity index (χ3n) is 3.17. The van der Waals surface area contributed by atoms with Crippen molar-refractivity contribution in [1.29, 1.82) is 0 Å². The van der Waals surface area contributed by atoms with Crippen molar-refractivity contribution in [2.45, 2.75) is 13.0 Å². The van der Waals surface area contributed by atoms with Gasteiger partial charge in [0.2, 0.25) is 0 Å². The quantitative estimate of drug-likeness (QED) is 0.802. The van der Waals surface area contributed by atoms with Crippen molar-refractivity contribution >= 4 is 17.7 Å². The maximum absolute atomic E-state index is 13.4. The van der Waals surface area contributed by atoms with Crippen LogP contribution in [0.1, 0.15) is 22.8 Å². The Balaban J connectivity index is 2.34. The maximum Gasteiger partial charge on any atom is 0.255 e. The third-order valence-corrected chi connectivity index (χ3v) is 4.36. The van der Waals surface area contributed by atoms with Crippen molar-refractivity contribution in [2.24, 2.45) is 5.73 Å². The summed E-state index contributed by atoms with van der Waals surface area (Å²) < 4.78 is 13.4. The summed E-state index contributed by atoms with van der Waals surface area (Å²) in [5, 5.41) is 0. The summed E-state index contributed by atoms with van der Waals surface area (Å²) >= 11 is 1.83. The zero-order chi connectivity index (χ0) is 14.5. The molecule has 2 rings (SSSR count). The topological polar surface area (TPSA) is 46.3 Å². The predicted octanol–water partition coefficient (Wildman–Crippen LogP) is 1.71. The molecule has 20 heavy (non-hydrogen) atoms. The van der Waals surface area contributed by atoms with Crippen LogP contribution in [0.4, 0.5) is 4.39 Å². The second-order valence-electron chi connectivity index (χ2n) is 4.62. The lowest BCUT2D eigenvalue weighted by molar-refractivity contribution is 0.0715. The zero-order valence-corrected chi connectivity index (χ0v) is 12.2. The lowest BCUT2D eigenvalue weighted by Crippen LogP contribution is -2.44. The molecule has 0 radical (unpaired) electrons. The van der Waals surface area contributed by atoms with Crippen LogP contribution in [-0.4, -0.2) is 41.4 Å². The molecule has 1 aliphatic rings. The van der Waals surface area contributed by atoms with Crippen LogP contribution in [0.25, 0.3) is 0 Å². The number of thioether (sulfide) groups is 1. The van der Waals surface area contributed by atoms with Gasteiger partial charge in [-0.1, -0.05) is 11.8 Å². The van der Waals surface area contributed by atoms with Crippen LogP contribution in [0.2, 0.25) is 0 Å². The lowest BCUT2D eigenvalue weighted by atomic mass is 10.1. The second-order valence-corrected chi connectivity index (χ2v) is 5.77. The van der Waals surface area contributed by atoms with E-state index in [0.717, 1.165) is 11.5 Å². The summed E-state index contributed by atoms with van der Waals surface area (Å²) in [6.45, 7) is 2.90. The van der Waals surface area contributed by atoms with Gasteiger partial charge >= 0.3 is 0 Å². The first-order chi connectivity index (χ1) is 9.63. The van der Waals surface area contributed by atoms with E-state index in [1.165, 1.54) is 18.2 Å². The molecule has 1 aromatic rings. The highest BCUT2D eigenvalue weighted by atomic mass is 32.2. The van der Waals surface area contributed by atoms with Crippen LogP contribution >= 0.6 is 11.8 Å². The van der Waals surface area contributed by atoms with Crippen LogP contribution < -0.4 is 5.73 Å². The molecule has 0 bridgehead atoms. The Labute approximate surface area is 122 Å². The fraction of sp³-hybridized carbons (Fsp3) is 0.400. The van der Waals surface area contributed by atoms with E-state index in [1.54, 1.807) is 4.90 Å². The molecule has 1 saturated heterocycles. The van der Waals surface area contributed by atoms with Gasteiger partial charge in [0.25, 0.3) is 5.91 Å². The monoisotopic (exact) mass is 292 g/mol. The van der Waals surface area contributed by atoms with Gasteiger partial charge in [-0.2, -0.15) is 11.8 Å². The van der Waals surface area contributed by atoms with Crippen molar-refractivity contribution in [3.05, 3.63) is 35.1 Å². The fourth-order valence-corrected chi connectivity index (χ4v) is 3.15. The minimum absolute atomic E-state index is 0.153. The molecule has 1 aromatic carbocycles. The Morgan fingerprint density at radius 3 is 3.10 bits per heavy atom. The average Bonchev–Trinajstić information content (AvgIpc) is 2.46. The van der Waals surface area contributed by atoms with E-state index in [1.807, 2.05) is 18.7 Å². The number of carbonyl (C=O) groups excluding carboxylic acids is 1. The summed E-state index contributed by atoms with van der Waals surface area (Å²) in [5.41, 5.74) is 6.21. The first-order valence-electron chi connectivity index (χ1n) is 6.50. The molecular formula is C15H17FN2OS. The molecule has 1 fully saturated rings. The van der Waals surface area contributed by atoms with Crippen molar-refractivity contribution < 1.29 is 9.18 Å². The molecule has 1 atom stereocenters. The Kier molecular flexibility index (Phi) is 5.05. The molecule has 1 aliphatic heterocycles. The summed E-state index contributed by atoms with van der Waals surface area (Å²) in [6, 6.07) is 4.26. The minimum Gasteiger partial charge on any atom is -0.334 e. The van der Waals surface area contributed by atoms with Crippen molar-refractivity contribution in [3.8, 4) is 11.8 Å². The second kappa shape index (κ2) is 6.78. The van der Waals surface area contributed by atoms with Crippen LogP contribution in [0.5, 0.6) is 0 Å². The SMILES string of the molecule is CC1CSCCN1C(=O)c1cc(F)ccc1C#CCN. The standard InChI is InChI=1S/C15H17FN2OS/c1-11-10-20-8-7-18(11)15(19)14-9-13(16)5-4-12(14)3-2-6-17/h4-5,9,11H,6-8,10,17H2,1H3. The maximum atomic E-state index is 13.4. The zero-order valence-electron chi connectivity index (χ0n) is 11.4. The van der Waals surface area contributed by atoms with Gasteiger partial charge in [-0.05, 0) is 25.1 Å². The van der Waals surface area contributed by atoms with Crippen molar-refractivity contribution in [1.82, 2.24) is 4.90 Å². The Morgan fingerprint density at radius 2 is 2.40 bits per heavy atom. The van der Waals surface area contributed by atoms with Gasteiger partial charge in [-0.3, -0.25) is 4.79 Å². The highest BCUT2D eigenvalue weighted by molar-refractivity contribution is 7.99.